The Bertz CT molecular complexity index is 575. The fourth-order valence-corrected chi connectivity index (χ4v) is 2.88. The number of hydrogen-bond donors (Lipinski definition) is 1. The summed E-state index contributed by atoms with van der Waals surface area (Å²) in [6.07, 6.45) is 0. The van der Waals surface area contributed by atoms with E-state index in [4.69, 9.17) is 12.2 Å². The van der Waals surface area contributed by atoms with Crippen molar-refractivity contribution in [3.05, 3.63) is 30.7 Å². The van der Waals surface area contributed by atoms with Gasteiger partial charge in [0.1, 0.15) is 0 Å². The molecule has 0 radical (unpaired) electrons. The van der Waals surface area contributed by atoms with Crippen LogP contribution in [0, 0.1) is 14.1 Å². The molecule has 0 aliphatic rings. The van der Waals surface area contributed by atoms with E-state index in [0.717, 1.165) is 4.70 Å². The number of aromatic nitrogens is 1. The molecular formula is C7H3BrN2O2S2. The summed E-state index contributed by atoms with van der Waals surface area (Å²) in [5.74, 6) is 0. The summed E-state index contributed by atoms with van der Waals surface area (Å²) in [6, 6.07) is 3.18. The molecule has 0 atom stereocenters. The molecule has 0 fully saturated rings. The molecule has 0 aliphatic carbocycles. The molecular weight excluding hydrogens is 288 g/mol. The smallest absolute Gasteiger partial charge is 0.285 e. The summed E-state index contributed by atoms with van der Waals surface area (Å²) in [5, 5.41) is 10.6. The Kier molecular flexibility index (Phi) is 2.38. The van der Waals surface area contributed by atoms with Crippen LogP contribution >= 0.6 is 39.5 Å². The van der Waals surface area contributed by atoms with Crippen LogP contribution in [0.15, 0.2) is 16.6 Å². The van der Waals surface area contributed by atoms with Gasteiger partial charge in [0.15, 0.2) is 3.95 Å². The fraction of sp³-hybridized carbons (Fsp3) is 0. The predicted molar refractivity (Wildman–Crippen MR) is 61.4 cm³/mol. The van der Waals surface area contributed by atoms with Gasteiger partial charge < -0.3 is 4.98 Å². The molecule has 0 amide bonds. The second-order valence-corrected chi connectivity index (χ2v) is 5.14. The van der Waals surface area contributed by atoms with Crippen molar-refractivity contribution in [2.24, 2.45) is 0 Å². The summed E-state index contributed by atoms with van der Waals surface area (Å²) in [7, 11) is 0. The van der Waals surface area contributed by atoms with Crippen molar-refractivity contribution < 1.29 is 4.92 Å². The van der Waals surface area contributed by atoms with E-state index in [0.29, 0.717) is 13.9 Å². The zero-order chi connectivity index (χ0) is 10.3. The minimum absolute atomic E-state index is 0.0431. The number of nitrogens with zero attached hydrogens (tertiary/aromatic N) is 1. The molecule has 1 aromatic heterocycles. The van der Waals surface area contributed by atoms with Gasteiger partial charge in [-0.3, -0.25) is 10.1 Å². The number of fused-ring (bicyclic) bond motifs is 1. The zero-order valence-corrected chi connectivity index (χ0v) is 9.83. The molecule has 0 aliphatic heterocycles. The van der Waals surface area contributed by atoms with Crippen molar-refractivity contribution >= 4 is 55.4 Å². The topological polar surface area (TPSA) is 58.9 Å². The number of nitro benzene ring substituents is 1. The SMILES string of the molecule is O=[N+]([O-])c1cc2[nH]c(=S)sc2cc1Br. The van der Waals surface area contributed by atoms with E-state index in [-0.39, 0.29) is 5.69 Å². The van der Waals surface area contributed by atoms with E-state index in [1.165, 1.54) is 17.4 Å². The molecule has 0 spiro atoms. The van der Waals surface area contributed by atoms with Crippen molar-refractivity contribution in [3.8, 4) is 0 Å². The Hall–Kier alpha value is -0.790. The molecule has 1 N–H and O–H groups in total. The Morgan fingerprint density at radius 3 is 2.93 bits per heavy atom. The van der Waals surface area contributed by atoms with Crippen LogP contribution in [0.3, 0.4) is 0 Å². The van der Waals surface area contributed by atoms with Crippen LogP contribution in [0.1, 0.15) is 0 Å². The molecule has 0 bridgehead atoms. The van der Waals surface area contributed by atoms with Crippen molar-refractivity contribution in [2.45, 2.75) is 0 Å². The van der Waals surface area contributed by atoms with Crippen LogP contribution in [0.4, 0.5) is 5.69 Å². The molecule has 72 valence electrons. The number of aromatic amines is 1. The van der Waals surface area contributed by atoms with Crippen molar-refractivity contribution in [1.29, 1.82) is 0 Å². The third-order valence-electron chi connectivity index (χ3n) is 1.69. The van der Waals surface area contributed by atoms with E-state index in [9.17, 15) is 10.1 Å². The highest BCUT2D eigenvalue weighted by molar-refractivity contribution is 9.10. The van der Waals surface area contributed by atoms with E-state index in [2.05, 4.69) is 20.9 Å². The maximum atomic E-state index is 10.6. The van der Waals surface area contributed by atoms with Gasteiger partial charge in [-0.25, -0.2) is 0 Å². The van der Waals surface area contributed by atoms with Gasteiger partial charge in [-0.2, -0.15) is 0 Å². The van der Waals surface area contributed by atoms with Crippen LogP contribution in [0.25, 0.3) is 10.2 Å². The highest BCUT2D eigenvalue weighted by Crippen LogP contribution is 2.31. The lowest BCUT2D eigenvalue weighted by molar-refractivity contribution is -0.385. The molecule has 14 heavy (non-hydrogen) atoms. The number of thiazole rings is 1. The average molecular weight is 291 g/mol. The van der Waals surface area contributed by atoms with Gasteiger partial charge in [0, 0.05) is 6.07 Å². The van der Waals surface area contributed by atoms with Gasteiger partial charge in [-0.15, -0.1) is 11.3 Å². The van der Waals surface area contributed by atoms with E-state index in [1.54, 1.807) is 6.07 Å². The number of halogens is 1. The van der Waals surface area contributed by atoms with Crippen molar-refractivity contribution in [3.63, 3.8) is 0 Å². The Morgan fingerprint density at radius 2 is 2.29 bits per heavy atom. The number of hydrogen-bond acceptors (Lipinski definition) is 4. The maximum absolute atomic E-state index is 10.6. The lowest BCUT2D eigenvalue weighted by Gasteiger charge is -1.94. The molecule has 1 aromatic carbocycles. The molecule has 4 nitrogen and oxygen atoms in total. The van der Waals surface area contributed by atoms with Gasteiger partial charge in [-0.05, 0) is 34.2 Å². The summed E-state index contributed by atoms with van der Waals surface area (Å²) < 4.78 is 2.00. The largest absolute Gasteiger partial charge is 0.337 e. The first-order chi connectivity index (χ1) is 6.58. The van der Waals surface area contributed by atoms with Gasteiger partial charge in [-0.1, -0.05) is 0 Å². The van der Waals surface area contributed by atoms with Crippen LogP contribution < -0.4 is 0 Å². The molecule has 1 heterocycles. The Morgan fingerprint density at radius 1 is 1.57 bits per heavy atom. The first-order valence-electron chi connectivity index (χ1n) is 3.54. The maximum Gasteiger partial charge on any atom is 0.285 e. The molecule has 7 heteroatoms. The number of H-pyrrole nitrogens is 1. The summed E-state index contributed by atoms with van der Waals surface area (Å²) in [6.45, 7) is 0. The molecule has 0 saturated carbocycles. The quantitative estimate of drug-likeness (QED) is 0.496. The first kappa shape index (κ1) is 9.75. The van der Waals surface area contributed by atoms with Crippen molar-refractivity contribution in [1.82, 2.24) is 4.98 Å². The number of rotatable bonds is 1. The lowest BCUT2D eigenvalue weighted by Crippen LogP contribution is -1.88. The minimum Gasteiger partial charge on any atom is -0.337 e. The summed E-state index contributed by atoms with van der Waals surface area (Å²) in [5.41, 5.74) is 0.747. The number of nitrogens with one attached hydrogen (secondary N) is 1. The molecule has 2 aromatic rings. The van der Waals surface area contributed by atoms with E-state index in [1.807, 2.05) is 0 Å². The summed E-state index contributed by atoms with van der Waals surface area (Å²) >= 11 is 9.48. The molecule has 0 unspecified atom stereocenters. The third-order valence-corrected chi connectivity index (χ3v) is 3.52. The molecule has 0 saturated heterocycles. The Balaban J connectivity index is 2.82. The van der Waals surface area contributed by atoms with Crippen molar-refractivity contribution in [2.75, 3.05) is 0 Å². The van der Waals surface area contributed by atoms with Crippen LogP contribution in [0.2, 0.25) is 0 Å². The lowest BCUT2D eigenvalue weighted by atomic mass is 10.3. The Labute approximate surface area is 95.9 Å². The number of benzene rings is 1. The molecule has 2 rings (SSSR count). The highest BCUT2D eigenvalue weighted by Gasteiger charge is 2.13. The monoisotopic (exact) mass is 290 g/mol. The van der Waals surface area contributed by atoms with Crippen LogP contribution in [0.5, 0.6) is 0 Å². The van der Waals surface area contributed by atoms with E-state index < -0.39 is 4.92 Å². The predicted octanol–water partition coefficient (Wildman–Crippen LogP) is 3.63. The normalized spacial score (nSPS) is 10.6. The van der Waals surface area contributed by atoms with Crippen LogP contribution in [-0.4, -0.2) is 9.91 Å². The average Bonchev–Trinajstić information content (AvgIpc) is 2.42. The number of nitro groups is 1. The minimum atomic E-state index is -0.432. The summed E-state index contributed by atoms with van der Waals surface area (Å²) in [4.78, 5) is 13.1. The second-order valence-electron chi connectivity index (χ2n) is 2.57. The standard InChI is InChI=1S/C7H3BrN2O2S2/c8-3-1-6-4(9-7(13)14-6)2-5(3)10(11)12/h1-2H,(H,9,13). The van der Waals surface area contributed by atoms with Gasteiger partial charge in [0.2, 0.25) is 0 Å². The van der Waals surface area contributed by atoms with Gasteiger partial charge in [0.25, 0.3) is 5.69 Å². The fourth-order valence-electron chi connectivity index (χ4n) is 1.10. The van der Waals surface area contributed by atoms with E-state index >= 15 is 0 Å². The van der Waals surface area contributed by atoms with Gasteiger partial charge in [0.05, 0.1) is 19.6 Å². The highest BCUT2D eigenvalue weighted by atomic mass is 79.9. The zero-order valence-electron chi connectivity index (χ0n) is 6.61. The second kappa shape index (κ2) is 3.41. The van der Waals surface area contributed by atoms with Crippen LogP contribution in [-0.2, 0) is 0 Å². The van der Waals surface area contributed by atoms with Gasteiger partial charge >= 0.3 is 0 Å². The third kappa shape index (κ3) is 1.58. The first-order valence-corrected chi connectivity index (χ1v) is 5.56.